The van der Waals surface area contributed by atoms with E-state index in [4.69, 9.17) is 16.7 Å². The predicted molar refractivity (Wildman–Crippen MR) is 64.7 cm³/mol. The predicted octanol–water partition coefficient (Wildman–Crippen LogP) is 3.36. The molecule has 0 bridgehead atoms. The van der Waals surface area contributed by atoms with Gasteiger partial charge in [0, 0.05) is 0 Å². The van der Waals surface area contributed by atoms with Crippen LogP contribution in [0.4, 0.5) is 13.2 Å². The molecular weight excluding hydrogens is 297 g/mol. The minimum absolute atomic E-state index is 0.108. The number of carbonyl (C=O) groups is 1. The largest absolute Gasteiger partial charge is 0.478 e. The van der Waals surface area contributed by atoms with E-state index in [0.29, 0.717) is 5.56 Å². The molecule has 0 fully saturated rings. The zero-order valence-corrected chi connectivity index (χ0v) is 10.6. The third-order valence-corrected chi connectivity index (χ3v) is 2.94. The summed E-state index contributed by atoms with van der Waals surface area (Å²) >= 11 is 5.75. The second-order valence-electron chi connectivity index (χ2n) is 3.94. The number of carboxylic acids is 1. The van der Waals surface area contributed by atoms with Crippen LogP contribution in [0.2, 0.25) is 5.15 Å². The summed E-state index contributed by atoms with van der Waals surface area (Å²) in [5, 5.41) is 12.0. The Hall–Kier alpha value is -2.02. The fourth-order valence-corrected chi connectivity index (χ4v) is 2.00. The maximum Gasteiger partial charge on any atom is 0.341 e. The number of halogens is 4. The first-order valence-corrected chi connectivity index (χ1v) is 5.80. The van der Waals surface area contributed by atoms with E-state index in [9.17, 15) is 18.0 Å². The van der Waals surface area contributed by atoms with Crippen molar-refractivity contribution in [2.45, 2.75) is 13.0 Å². The second-order valence-corrected chi connectivity index (χ2v) is 4.30. The van der Waals surface area contributed by atoms with Gasteiger partial charge in [0.1, 0.15) is 22.2 Å². The number of hydrogen-bond acceptors (Lipinski definition) is 2. The highest BCUT2D eigenvalue weighted by Gasteiger charge is 2.27. The minimum Gasteiger partial charge on any atom is -0.478 e. The maximum absolute atomic E-state index is 13.0. The Morgan fingerprint density at radius 1 is 1.45 bits per heavy atom. The summed E-state index contributed by atoms with van der Waals surface area (Å²) in [6.45, 7) is -0.108. The van der Waals surface area contributed by atoms with Crippen molar-refractivity contribution in [3.63, 3.8) is 0 Å². The van der Waals surface area contributed by atoms with Gasteiger partial charge in [0.25, 0.3) is 6.43 Å². The Labute approximate surface area is 116 Å². The molecular formula is C12H8ClF3N2O2. The van der Waals surface area contributed by atoms with Crippen LogP contribution < -0.4 is 0 Å². The highest BCUT2D eigenvalue weighted by atomic mass is 35.5. The van der Waals surface area contributed by atoms with E-state index in [0.717, 1.165) is 4.68 Å². The molecule has 0 aliphatic heterocycles. The second kappa shape index (κ2) is 5.54. The van der Waals surface area contributed by atoms with Gasteiger partial charge in [0.2, 0.25) is 0 Å². The molecule has 20 heavy (non-hydrogen) atoms. The van der Waals surface area contributed by atoms with Gasteiger partial charge in [-0.15, -0.1) is 0 Å². The fourth-order valence-electron chi connectivity index (χ4n) is 1.72. The van der Waals surface area contributed by atoms with E-state index in [-0.39, 0.29) is 6.54 Å². The van der Waals surface area contributed by atoms with E-state index >= 15 is 0 Å². The van der Waals surface area contributed by atoms with E-state index in [2.05, 4.69) is 5.10 Å². The Bertz CT molecular complexity index is 658. The summed E-state index contributed by atoms with van der Waals surface area (Å²) < 4.78 is 39.4. The molecule has 0 atom stereocenters. The highest BCUT2D eigenvalue weighted by Crippen LogP contribution is 2.28. The number of aromatic carboxylic acids is 1. The quantitative estimate of drug-likeness (QED) is 0.942. The molecule has 2 aromatic rings. The van der Waals surface area contributed by atoms with Crippen molar-refractivity contribution in [3.05, 3.63) is 52.1 Å². The Kier molecular flexibility index (Phi) is 3.99. The molecule has 8 heteroatoms. The van der Waals surface area contributed by atoms with Crippen LogP contribution in [0.1, 0.15) is 28.0 Å². The topological polar surface area (TPSA) is 55.1 Å². The summed E-state index contributed by atoms with van der Waals surface area (Å²) in [6, 6.07) is 5.39. The number of hydrogen-bond donors (Lipinski definition) is 1. The van der Waals surface area contributed by atoms with Crippen molar-refractivity contribution in [3.8, 4) is 0 Å². The fraction of sp³-hybridized carbons (Fsp3) is 0.167. The molecule has 1 N–H and O–H groups in total. The van der Waals surface area contributed by atoms with Crippen molar-refractivity contribution < 1.29 is 23.1 Å². The molecule has 106 valence electrons. The van der Waals surface area contributed by atoms with Crippen molar-refractivity contribution in [2.24, 2.45) is 0 Å². The van der Waals surface area contributed by atoms with Crippen LogP contribution in [-0.2, 0) is 6.54 Å². The highest BCUT2D eigenvalue weighted by molar-refractivity contribution is 6.32. The Morgan fingerprint density at radius 3 is 2.65 bits per heavy atom. The lowest BCUT2D eigenvalue weighted by Gasteiger charge is -2.03. The zero-order valence-electron chi connectivity index (χ0n) is 9.86. The van der Waals surface area contributed by atoms with Crippen LogP contribution >= 0.6 is 11.6 Å². The van der Waals surface area contributed by atoms with E-state index < -0.39 is 34.6 Å². The van der Waals surface area contributed by atoms with Crippen LogP contribution in [0.15, 0.2) is 24.3 Å². The van der Waals surface area contributed by atoms with Crippen LogP contribution in [0.3, 0.4) is 0 Å². The number of aromatic nitrogens is 2. The molecule has 0 radical (unpaired) electrons. The lowest BCUT2D eigenvalue weighted by molar-refractivity contribution is 0.0684. The minimum atomic E-state index is -3.06. The smallest absolute Gasteiger partial charge is 0.341 e. The maximum atomic E-state index is 13.0. The Balaban J connectivity index is 2.43. The first-order chi connectivity index (χ1) is 9.40. The standard InChI is InChI=1S/C12H8ClF3N2O2/c13-10-8(12(19)20)9(11(15)16)17-18(10)5-6-2-1-3-7(14)4-6/h1-4,11H,5H2,(H,19,20). The summed E-state index contributed by atoms with van der Waals surface area (Å²) in [5.74, 6) is -2.09. The molecule has 0 aliphatic rings. The molecule has 0 aliphatic carbocycles. The monoisotopic (exact) mass is 304 g/mol. The van der Waals surface area contributed by atoms with Crippen molar-refractivity contribution in [1.29, 1.82) is 0 Å². The Morgan fingerprint density at radius 2 is 2.15 bits per heavy atom. The number of carboxylic acid groups (broad SMARTS) is 1. The number of rotatable bonds is 4. The van der Waals surface area contributed by atoms with Crippen molar-refractivity contribution in [2.75, 3.05) is 0 Å². The SMILES string of the molecule is O=C(O)c1c(C(F)F)nn(Cc2cccc(F)c2)c1Cl. The average Bonchev–Trinajstić information content (AvgIpc) is 2.67. The van der Waals surface area contributed by atoms with Gasteiger partial charge in [-0.2, -0.15) is 5.10 Å². The van der Waals surface area contributed by atoms with Gasteiger partial charge < -0.3 is 5.11 Å². The van der Waals surface area contributed by atoms with Gasteiger partial charge in [-0.05, 0) is 17.7 Å². The molecule has 4 nitrogen and oxygen atoms in total. The number of nitrogens with zero attached hydrogens (tertiary/aromatic N) is 2. The van der Waals surface area contributed by atoms with Gasteiger partial charge in [-0.1, -0.05) is 23.7 Å². The normalized spacial score (nSPS) is 11.1. The van der Waals surface area contributed by atoms with Gasteiger partial charge in [-0.25, -0.2) is 22.6 Å². The van der Waals surface area contributed by atoms with Crippen molar-refractivity contribution in [1.82, 2.24) is 9.78 Å². The van der Waals surface area contributed by atoms with Gasteiger partial charge in [0.05, 0.1) is 6.54 Å². The molecule has 0 unspecified atom stereocenters. The van der Waals surface area contributed by atoms with Crippen LogP contribution in [0, 0.1) is 5.82 Å². The lowest BCUT2D eigenvalue weighted by atomic mass is 10.2. The molecule has 1 heterocycles. The molecule has 2 rings (SSSR count). The van der Waals surface area contributed by atoms with Gasteiger partial charge >= 0.3 is 5.97 Å². The van der Waals surface area contributed by atoms with E-state index in [1.54, 1.807) is 6.07 Å². The lowest BCUT2D eigenvalue weighted by Crippen LogP contribution is -2.03. The van der Waals surface area contributed by atoms with Gasteiger partial charge in [-0.3, -0.25) is 0 Å². The molecule has 0 saturated carbocycles. The summed E-state index contributed by atoms with van der Waals surface area (Å²) in [6.07, 6.45) is -3.06. The molecule has 0 saturated heterocycles. The summed E-state index contributed by atoms with van der Waals surface area (Å²) in [7, 11) is 0. The van der Waals surface area contributed by atoms with Crippen LogP contribution in [-0.4, -0.2) is 20.9 Å². The van der Waals surface area contributed by atoms with Crippen LogP contribution in [0.25, 0.3) is 0 Å². The average molecular weight is 305 g/mol. The molecule has 0 amide bonds. The molecule has 1 aromatic heterocycles. The first-order valence-electron chi connectivity index (χ1n) is 5.42. The van der Waals surface area contributed by atoms with Crippen molar-refractivity contribution >= 4 is 17.6 Å². The zero-order chi connectivity index (χ0) is 14.9. The third-order valence-electron chi connectivity index (χ3n) is 2.56. The molecule has 0 spiro atoms. The van der Waals surface area contributed by atoms with Crippen LogP contribution in [0.5, 0.6) is 0 Å². The van der Waals surface area contributed by atoms with E-state index in [1.807, 2.05) is 0 Å². The number of benzene rings is 1. The van der Waals surface area contributed by atoms with Gasteiger partial charge in [0.15, 0.2) is 0 Å². The first kappa shape index (κ1) is 14.4. The third kappa shape index (κ3) is 2.77. The number of alkyl halides is 2. The molecule has 1 aromatic carbocycles. The summed E-state index contributed by atoms with van der Waals surface area (Å²) in [4.78, 5) is 10.9. The summed E-state index contributed by atoms with van der Waals surface area (Å²) in [5.41, 5.74) is -1.22. The van der Waals surface area contributed by atoms with E-state index in [1.165, 1.54) is 18.2 Å².